The van der Waals surface area contributed by atoms with Gasteiger partial charge in [0.05, 0.1) is 6.54 Å². The minimum absolute atomic E-state index is 0.000530. The Kier molecular flexibility index (Phi) is 3.28. The molecule has 4 heteroatoms. The molecule has 1 heterocycles. The van der Waals surface area contributed by atoms with E-state index in [1.807, 2.05) is 36.4 Å². The highest BCUT2D eigenvalue weighted by Gasteiger charge is 2.27. The third-order valence-corrected chi connectivity index (χ3v) is 3.44. The van der Waals surface area contributed by atoms with Gasteiger partial charge in [0.1, 0.15) is 0 Å². The van der Waals surface area contributed by atoms with Gasteiger partial charge in [-0.25, -0.2) is 4.79 Å². The van der Waals surface area contributed by atoms with Crippen LogP contribution in [0.25, 0.3) is 6.08 Å². The van der Waals surface area contributed by atoms with Crippen LogP contribution in [0.5, 0.6) is 0 Å². The molecule has 1 N–H and O–H groups in total. The summed E-state index contributed by atoms with van der Waals surface area (Å²) in [5.74, 6) is -0.983. The third-order valence-electron chi connectivity index (χ3n) is 3.44. The Morgan fingerprint density at radius 3 is 2.48 bits per heavy atom. The quantitative estimate of drug-likeness (QED) is 0.879. The van der Waals surface area contributed by atoms with E-state index in [0.29, 0.717) is 6.54 Å². The molecule has 0 bridgehead atoms. The lowest BCUT2D eigenvalue weighted by Crippen LogP contribution is -2.22. The van der Waals surface area contributed by atoms with Crippen LogP contribution >= 0.6 is 0 Å². The topological polar surface area (TPSA) is 57.6 Å². The number of anilines is 1. The van der Waals surface area contributed by atoms with Crippen LogP contribution in [0.15, 0.2) is 54.6 Å². The predicted molar refractivity (Wildman–Crippen MR) is 80.1 cm³/mol. The Bertz CT molecular complexity index is 732. The first-order valence-electron chi connectivity index (χ1n) is 6.56. The number of benzene rings is 2. The van der Waals surface area contributed by atoms with Gasteiger partial charge in [-0.2, -0.15) is 0 Å². The minimum atomic E-state index is -0.982. The zero-order chi connectivity index (χ0) is 14.8. The first-order chi connectivity index (χ1) is 10.1. The fourth-order valence-corrected chi connectivity index (χ4v) is 2.40. The second kappa shape index (κ2) is 5.25. The normalized spacial score (nSPS) is 13.7. The Morgan fingerprint density at radius 1 is 1.10 bits per heavy atom. The van der Waals surface area contributed by atoms with Crippen LogP contribution in [-0.2, 0) is 11.3 Å². The first-order valence-corrected chi connectivity index (χ1v) is 6.56. The van der Waals surface area contributed by atoms with Crippen LogP contribution in [0.3, 0.4) is 0 Å². The first kappa shape index (κ1) is 13.1. The number of nitrogens with zero attached hydrogens (tertiary/aromatic N) is 1. The van der Waals surface area contributed by atoms with E-state index < -0.39 is 5.97 Å². The number of carbonyl (C=O) groups is 2. The average molecular weight is 279 g/mol. The monoisotopic (exact) mass is 279 g/mol. The zero-order valence-corrected chi connectivity index (χ0v) is 11.2. The molecular weight excluding hydrogens is 266 g/mol. The molecule has 1 aliphatic heterocycles. The highest BCUT2D eigenvalue weighted by Crippen LogP contribution is 2.28. The van der Waals surface area contributed by atoms with Crippen molar-refractivity contribution in [2.45, 2.75) is 6.54 Å². The maximum atomic E-state index is 12.3. The number of carbonyl (C=O) groups excluding carboxylic acids is 1. The van der Waals surface area contributed by atoms with E-state index in [0.717, 1.165) is 28.5 Å². The molecule has 0 unspecified atom stereocenters. The Balaban J connectivity index is 1.83. The molecule has 3 rings (SSSR count). The highest BCUT2D eigenvalue weighted by molar-refractivity contribution is 6.10. The summed E-state index contributed by atoms with van der Waals surface area (Å²) in [6.07, 6.45) is 2.61. The summed E-state index contributed by atoms with van der Waals surface area (Å²) in [5.41, 5.74) is 3.36. The molecule has 2 aromatic rings. The number of hydrogen-bond donors (Lipinski definition) is 1. The molecule has 0 atom stereocenters. The van der Waals surface area contributed by atoms with Crippen LogP contribution in [0, 0.1) is 0 Å². The zero-order valence-electron chi connectivity index (χ0n) is 11.2. The van der Waals surface area contributed by atoms with Gasteiger partial charge in [-0.1, -0.05) is 30.3 Å². The number of carboxylic acid groups (broad SMARTS) is 1. The number of carboxylic acids is 1. The summed E-state index contributed by atoms with van der Waals surface area (Å²) in [4.78, 5) is 24.5. The van der Waals surface area contributed by atoms with E-state index in [9.17, 15) is 9.59 Å². The van der Waals surface area contributed by atoms with E-state index >= 15 is 0 Å². The Morgan fingerprint density at radius 2 is 1.81 bits per heavy atom. The van der Waals surface area contributed by atoms with Crippen LogP contribution in [0.4, 0.5) is 5.69 Å². The van der Waals surface area contributed by atoms with Crippen molar-refractivity contribution < 1.29 is 14.7 Å². The van der Waals surface area contributed by atoms with Crippen LogP contribution in [0.2, 0.25) is 0 Å². The smallest absolute Gasteiger partial charge is 0.328 e. The van der Waals surface area contributed by atoms with E-state index in [2.05, 4.69) is 0 Å². The Hall–Kier alpha value is -2.88. The number of rotatable bonds is 3. The van der Waals surface area contributed by atoms with Gasteiger partial charge in [-0.05, 0) is 35.4 Å². The summed E-state index contributed by atoms with van der Waals surface area (Å²) in [5, 5.41) is 8.60. The van der Waals surface area contributed by atoms with Crippen LogP contribution < -0.4 is 4.90 Å². The van der Waals surface area contributed by atoms with Gasteiger partial charge in [0.25, 0.3) is 5.91 Å². The fourth-order valence-electron chi connectivity index (χ4n) is 2.40. The second-order valence-electron chi connectivity index (χ2n) is 4.81. The molecule has 0 aromatic heterocycles. The van der Waals surface area contributed by atoms with E-state index in [4.69, 9.17) is 5.11 Å². The van der Waals surface area contributed by atoms with Crippen molar-refractivity contribution in [2.75, 3.05) is 4.90 Å². The molecule has 21 heavy (non-hydrogen) atoms. The van der Waals surface area contributed by atoms with Gasteiger partial charge < -0.3 is 10.0 Å². The fraction of sp³-hybridized carbons (Fsp3) is 0.0588. The van der Waals surface area contributed by atoms with Crippen LogP contribution in [0.1, 0.15) is 21.5 Å². The van der Waals surface area contributed by atoms with Crippen molar-refractivity contribution in [1.29, 1.82) is 0 Å². The molecule has 0 fully saturated rings. The summed E-state index contributed by atoms with van der Waals surface area (Å²) < 4.78 is 0. The minimum Gasteiger partial charge on any atom is -0.478 e. The predicted octanol–water partition coefficient (Wildman–Crippen LogP) is 2.94. The number of amides is 1. The molecule has 0 radical (unpaired) electrons. The van der Waals surface area contributed by atoms with Crippen molar-refractivity contribution in [2.24, 2.45) is 0 Å². The summed E-state index contributed by atoms with van der Waals surface area (Å²) in [6, 6.07) is 14.8. The van der Waals surface area contributed by atoms with Crippen molar-refractivity contribution in [3.05, 3.63) is 71.3 Å². The molecule has 2 aromatic carbocycles. The molecule has 0 saturated carbocycles. The maximum absolute atomic E-state index is 12.3. The average Bonchev–Trinajstić information content (AvgIpc) is 2.83. The lowest BCUT2D eigenvalue weighted by molar-refractivity contribution is -0.131. The highest BCUT2D eigenvalue weighted by atomic mass is 16.4. The van der Waals surface area contributed by atoms with E-state index in [1.165, 1.54) is 6.08 Å². The molecule has 1 aliphatic rings. The van der Waals surface area contributed by atoms with Gasteiger partial charge in [0.2, 0.25) is 0 Å². The lowest BCUT2D eigenvalue weighted by atomic mass is 10.1. The largest absolute Gasteiger partial charge is 0.478 e. The molecule has 1 amide bonds. The SMILES string of the molecule is O=C(O)C=Cc1ccc(N2Cc3ccccc3C2=O)cc1. The van der Waals surface area contributed by atoms with Crippen LogP contribution in [-0.4, -0.2) is 17.0 Å². The van der Waals surface area contributed by atoms with Gasteiger partial charge in [0.15, 0.2) is 0 Å². The maximum Gasteiger partial charge on any atom is 0.328 e. The molecule has 0 saturated heterocycles. The summed E-state index contributed by atoms with van der Waals surface area (Å²) in [6.45, 7) is 0.569. The van der Waals surface area contributed by atoms with Crippen molar-refractivity contribution >= 4 is 23.6 Å². The van der Waals surface area contributed by atoms with Gasteiger partial charge in [-0.15, -0.1) is 0 Å². The second-order valence-corrected chi connectivity index (χ2v) is 4.81. The Labute approximate surface area is 121 Å². The molecule has 4 nitrogen and oxygen atoms in total. The van der Waals surface area contributed by atoms with Gasteiger partial charge in [0, 0.05) is 17.3 Å². The molecule has 0 aliphatic carbocycles. The van der Waals surface area contributed by atoms with Crippen molar-refractivity contribution in [3.63, 3.8) is 0 Å². The standard InChI is InChI=1S/C17H13NO3/c19-16(20)10-7-12-5-8-14(9-6-12)18-11-13-3-1-2-4-15(13)17(18)21/h1-10H,11H2,(H,19,20). The van der Waals surface area contributed by atoms with E-state index in [-0.39, 0.29) is 5.91 Å². The number of fused-ring (bicyclic) bond motifs is 1. The molecular formula is C17H13NO3. The van der Waals surface area contributed by atoms with Crippen molar-refractivity contribution in [3.8, 4) is 0 Å². The molecule has 104 valence electrons. The van der Waals surface area contributed by atoms with Gasteiger partial charge >= 0.3 is 5.97 Å². The molecule has 0 spiro atoms. The van der Waals surface area contributed by atoms with Gasteiger partial charge in [-0.3, -0.25) is 4.79 Å². The number of hydrogen-bond acceptors (Lipinski definition) is 2. The van der Waals surface area contributed by atoms with E-state index in [1.54, 1.807) is 17.0 Å². The number of aliphatic carboxylic acids is 1. The van der Waals surface area contributed by atoms with Crippen molar-refractivity contribution in [1.82, 2.24) is 0 Å². The summed E-state index contributed by atoms with van der Waals surface area (Å²) >= 11 is 0. The third kappa shape index (κ3) is 2.56. The summed E-state index contributed by atoms with van der Waals surface area (Å²) in [7, 11) is 0. The lowest BCUT2D eigenvalue weighted by Gasteiger charge is -2.15.